The zero-order valence-electron chi connectivity index (χ0n) is 16.5. The van der Waals surface area contributed by atoms with Crippen LogP contribution in [0.15, 0.2) is 0 Å². The van der Waals surface area contributed by atoms with Crippen LogP contribution in [0.4, 0.5) is 0 Å². The molecule has 2 saturated heterocycles. The Balaban J connectivity index is 0.000000156. The zero-order valence-corrected chi connectivity index (χ0v) is 16.5. The molecule has 2 heterocycles. The molecule has 0 aromatic rings. The molecule has 4 aliphatic rings. The summed E-state index contributed by atoms with van der Waals surface area (Å²) in [6, 6.07) is 0. The first-order valence-electron chi connectivity index (χ1n) is 10.8. The van der Waals surface area contributed by atoms with Gasteiger partial charge in [0.2, 0.25) is 0 Å². The van der Waals surface area contributed by atoms with Crippen molar-refractivity contribution in [2.24, 2.45) is 0 Å². The van der Waals surface area contributed by atoms with Gasteiger partial charge in [-0.15, -0.1) is 0 Å². The van der Waals surface area contributed by atoms with Crippen molar-refractivity contribution in [3.05, 3.63) is 0 Å². The first-order valence-corrected chi connectivity index (χ1v) is 10.8. The summed E-state index contributed by atoms with van der Waals surface area (Å²) in [6.07, 6.45) is 16.5. The third-order valence-corrected chi connectivity index (χ3v) is 4.94. The Bertz CT molecular complexity index is 273. The van der Waals surface area contributed by atoms with Crippen molar-refractivity contribution < 1.29 is 18.9 Å². The van der Waals surface area contributed by atoms with Crippen LogP contribution in [-0.2, 0) is 18.9 Å². The highest BCUT2D eigenvalue weighted by Crippen LogP contribution is 2.22. The number of ether oxygens (including phenoxy) is 4. The van der Waals surface area contributed by atoms with Gasteiger partial charge in [-0.1, -0.05) is 58.8 Å². The maximum absolute atomic E-state index is 5.68. The van der Waals surface area contributed by atoms with E-state index >= 15 is 0 Å². The quantitative estimate of drug-likeness (QED) is 0.636. The highest BCUT2D eigenvalue weighted by Gasteiger charge is 2.25. The summed E-state index contributed by atoms with van der Waals surface area (Å²) in [5.41, 5.74) is 0. The van der Waals surface area contributed by atoms with E-state index in [1.807, 2.05) is 0 Å². The van der Waals surface area contributed by atoms with Crippen molar-refractivity contribution in [3.8, 4) is 0 Å². The van der Waals surface area contributed by atoms with Crippen molar-refractivity contribution in [3.63, 3.8) is 0 Å². The molecule has 2 aliphatic heterocycles. The van der Waals surface area contributed by atoms with Gasteiger partial charge in [-0.25, -0.2) is 0 Å². The van der Waals surface area contributed by atoms with Gasteiger partial charge < -0.3 is 18.9 Å². The summed E-state index contributed by atoms with van der Waals surface area (Å²) < 4.78 is 21.5. The van der Waals surface area contributed by atoms with Gasteiger partial charge in [0.05, 0.1) is 38.6 Å². The molecule has 0 amide bonds. The summed E-state index contributed by atoms with van der Waals surface area (Å²) in [4.78, 5) is 0. The summed E-state index contributed by atoms with van der Waals surface area (Å²) in [7, 11) is 0. The first-order chi connectivity index (χ1) is 12.3. The van der Waals surface area contributed by atoms with Crippen LogP contribution in [0.5, 0.6) is 0 Å². The van der Waals surface area contributed by atoms with Crippen LogP contribution < -0.4 is 0 Å². The van der Waals surface area contributed by atoms with Crippen LogP contribution in [-0.4, -0.2) is 50.8 Å². The van der Waals surface area contributed by atoms with Crippen LogP contribution in [0.1, 0.15) is 84.5 Å². The Morgan fingerprint density at radius 3 is 1.24 bits per heavy atom. The lowest BCUT2D eigenvalue weighted by atomic mass is 9.98. The van der Waals surface area contributed by atoms with E-state index in [9.17, 15) is 0 Å². The lowest BCUT2D eigenvalue weighted by Crippen LogP contribution is -2.18. The molecule has 2 saturated carbocycles. The lowest BCUT2D eigenvalue weighted by molar-refractivity contribution is 0.0199. The van der Waals surface area contributed by atoms with E-state index in [0.717, 1.165) is 26.4 Å². The molecule has 4 fully saturated rings. The second-order valence-electron chi connectivity index (χ2n) is 7.80. The van der Waals surface area contributed by atoms with E-state index in [1.165, 1.54) is 70.6 Å². The zero-order chi connectivity index (χ0) is 17.7. The summed E-state index contributed by atoms with van der Waals surface area (Å²) in [5.74, 6) is 0. The third-order valence-electron chi connectivity index (χ3n) is 4.94. The maximum atomic E-state index is 5.68. The molecule has 148 valence electrons. The molecule has 0 bridgehead atoms. The average Bonchev–Trinajstić information content (AvgIpc) is 3.57. The van der Waals surface area contributed by atoms with E-state index in [-0.39, 0.29) is 0 Å². The molecular formula is C21H40O4. The standard InChI is InChI=1S/2C9H16O2.C3H8/c2*1-2-4-8(5-3-1)10-6-9-7-11-9;1-3-2/h2*8-9H,1-7H2;3H2,1-2H3. The van der Waals surface area contributed by atoms with Crippen molar-refractivity contribution in [1.82, 2.24) is 0 Å². The van der Waals surface area contributed by atoms with Gasteiger partial charge in [-0.2, -0.15) is 0 Å². The molecule has 0 aromatic heterocycles. The van der Waals surface area contributed by atoms with Gasteiger partial charge in [-0.05, 0) is 25.7 Å². The van der Waals surface area contributed by atoms with Crippen molar-refractivity contribution >= 4 is 0 Å². The highest BCUT2D eigenvalue weighted by molar-refractivity contribution is 4.72. The normalized spacial score (nSPS) is 29.0. The second kappa shape index (κ2) is 13.1. The van der Waals surface area contributed by atoms with Crippen LogP contribution >= 0.6 is 0 Å². The van der Waals surface area contributed by atoms with Crippen LogP contribution in [0.3, 0.4) is 0 Å². The highest BCUT2D eigenvalue weighted by atomic mass is 16.6. The van der Waals surface area contributed by atoms with Gasteiger partial charge in [0.15, 0.2) is 0 Å². The number of epoxide rings is 2. The minimum Gasteiger partial charge on any atom is -0.375 e. The molecule has 0 spiro atoms. The molecule has 4 nitrogen and oxygen atoms in total. The molecule has 25 heavy (non-hydrogen) atoms. The van der Waals surface area contributed by atoms with Crippen molar-refractivity contribution in [2.75, 3.05) is 26.4 Å². The van der Waals surface area contributed by atoms with Crippen molar-refractivity contribution in [1.29, 1.82) is 0 Å². The Labute approximate surface area is 154 Å². The molecule has 2 atom stereocenters. The van der Waals surface area contributed by atoms with E-state index in [1.54, 1.807) is 0 Å². The van der Waals surface area contributed by atoms with Gasteiger partial charge in [0.1, 0.15) is 12.2 Å². The molecule has 4 rings (SSSR count). The van der Waals surface area contributed by atoms with E-state index in [4.69, 9.17) is 18.9 Å². The molecular weight excluding hydrogens is 316 g/mol. The van der Waals surface area contributed by atoms with E-state index < -0.39 is 0 Å². The van der Waals surface area contributed by atoms with Gasteiger partial charge in [-0.3, -0.25) is 0 Å². The minimum absolute atomic E-state index is 0.442. The number of rotatable bonds is 6. The van der Waals surface area contributed by atoms with Crippen LogP contribution in [0, 0.1) is 0 Å². The third kappa shape index (κ3) is 11.2. The minimum atomic E-state index is 0.442. The van der Waals surface area contributed by atoms with Gasteiger partial charge in [0.25, 0.3) is 0 Å². The largest absolute Gasteiger partial charge is 0.375 e. The fourth-order valence-electron chi connectivity index (χ4n) is 3.28. The average molecular weight is 357 g/mol. The fourth-order valence-corrected chi connectivity index (χ4v) is 3.28. The molecule has 2 unspecified atom stereocenters. The molecule has 2 aliphatic carbocycles. The number of hydrogen-bond acceptors (Lipinski definition) is 4. The SMILES string of the molecule is C1CCC(OCC2CO2)CC1.C1CCC(OCC2CO2)CC1.CCC. The van der Waals surface area contributed by atoms with Crippen LogP contribution in [0.2, 0.25) is 0 Å². The van der Waals surface area contributed by atoms with Gasteiger partial charge in [0, 0.05) is 0 Å². The first kappa shape index (κ1) is 21.1. The summed E-state index contributed by atoms with van der Waals surface area (Å²) >= 11 is 0. The predicted octanol–water partition coefficient (Wildman–Crippen LogP) is 4.89. The monoisotopic (exact) mass is 356 g/mol. The molecule has 0 N–H and O–H groups in total. The summed E-state index contributed by atoms with van der Waals surface area (Å²) in [5, 5.41) is 0. The summed E-state index contributed by atoms with van der Waals surface area (Å²) in [6.45, 7) is 7.77. The number of hydrogen-bond donors (Lipinski definition) is 0. The molecule has 0 radical (unpaired) electrons. The fraction of sp³-hybridized carbons (Fsp3) is 1.00. The second-order valence-corrected chi connectivity index (χ2v) is 7.80. The van der Waals surface area contributed by atoms with E-state index in [0.29, 0.717) is 24.4 Å². The Morgan fingerprint density at radius 1 is 0.640 bits per heavy atom. The predicted molar refractivity (Wildman–Crippen MR) is 101 cm³/mol. The molecule has 0 aromatic carbocycles. The maximum Gasteiger partial charge on any atom is 0.104 e. The molecule has 4 heteroatoms. The smallest absolute Gasteiger partial charge is 0.104 e. The lowest BCUT2D eigenvalue weighted by Gasteiger charge is -2.21. The van der Waals surface area contributed by atoms with Crippen LogP contribution in [0.25, 0.3) is 0 Å². The topological polar surface area (TPSA) is 43.5 Å². The van der Waals surface area contributed by atoms with Gasteiger partial charge >= 0.3 is 0 Å². The Morgan fingerprint density at radius 2 is 0.960 bits per heavy atom. The Kier molecular flexibility index (Phi) is 11.1. The van der Waals surface area contributed by atoms with Crippen molar-refractivity contribution in [2.45, 2.75) is 109 Å². The Hall–Kier alpha value is -0.160. The van der Waals surface area contributed by atoms with E-state index in [2.05, 4.69) is 13.8 Å².